The molecule has 0 aliphatic heterocycles. The molecule has 0 spiro atoms. The fourth-order valence-corrected chi connectivity index (χ4v) is 3.32. The lowest BCUT2D eigenvalue weighted by Gasteiger charge is -2.22. The Morgan fingerprint density at radius 1 is 1.04 bits per heavy atom. The number of hydrogen-bond acceptors (Lipinski definition) is 3. The van der Waals surface area contributed by atoms with Crippen molar-refractivity contribution in [2.45, 2.75) is 19.8 Å². The molecule has 25 heavy (non-hydrogen) atoms. The van der Waals surface area contributed by atoms with E-state index < -0.39 is 10.0 Å². The minimum absolute atomic E-state index is 0.215. The summed E-state index contributed by atoms with van der Waals surface area (Å²) in [6, 6.07) is 17.1. The number of amides is 1. The third-order valence-electron chi connectivity index (χ3n) is 3.82. The van der Waals surface area contributed by atoms with Crippen LogP contribution in [0.1, 0.15) is 17.5 Å². The molecule has 2 aromatic carbocycles. The summed E-state index contributed by atoms with van der Waals surface area (Å²) in [6.45, 7) is 2.22. The molecule has 0 radical (unpaired) electrons. The molecule has 0 heterocycles. The second-order valence-corrected chi connectivity index (χ2v) is 7.95. The largest absolute Gasteiger partial charge is 0.355 e. The Balaban J connectivity index is 1.88. The Morgan fingerprint density at radius 3 is 2.28 bits per heavy atom. The average Bonchev–Trinajstić information content (AvgIpc) is 2.57. The van der Waals surface area contributed by atoms with Crippen LogP contribution in [0, 0.1) is 6.92 Å². The minimum atomic E-state index is -3.53. The first-order chi connectivity index (χ1) is 11.9. The summed E-state index contributed by atoms with van der Waals surface area (Å²) in [5.74, 6) is -0.306. The predicted molar refractivity (Wildman–Crippen MR) is 101 cm³/mol. The standard InChI is InChI=1S/C19H24N2O3S/c1-16-10-12-18(13-11-16)21(25(2,23)24)15-19(22)20-14-6-9-17-7-4-3-5-8-17/h3-5,7-8,10-13H,6,9,14-15H2,1-2H3,(H,20,22). The number of carbonyl (C=O) groups excluding carboxylic acids is 1. The molecule has 0 saturated carbocycles. The van der Waals surface area contributed by atoms with E-state index in [1.165, 1.54) is 5.56 Å². The van der Waals surface area contributed by atoms with Crippen LogP contribution in [-0.4, -0.2) is 33.7 Å². The summed E-state index contributed by atoms with van der Waals surface area (Å²) < 4.78 is 25.2. The Morgan fingerprint density at radius 2 is 1.68 bits per heavy atom. The Bertz CT molecular complexity index is 787. The molecule has 0 unspecified atom stereocenters. The Labute approximate surface area is 149 Å². The summed E-state index contributed by atoms with van der Waals surface area (Å²) >= 11 is 0. The lowest BCUT2D eigenvalue weighted by Crippen LogP contribution is -2.40. The zero-order valence-electron chi connectivity index (χ0n) is 14.6. The molecule has 0 aromatic heterocycles. The smallest absolute Gasteiger partial charge is 0.240 e. The van der Waals surface area contributed by atoms with Gasteiger partial charge in [-0.3, -0.25) is 9.10 Å². The van der Waals surface area contributed by atoms with E-state index in [4.69, 9.17) is 0 Å². The summed E-state index contributed by atoms with van der Waals surface area (Å²) in [5.41, 5.74) is 2.74. The normalized spacial score (nSPS) is 11.1. The van der Waals surface area contributed by atoms with Crippen LogP contribution in [-0.2, 0) is 21.2 Å². The maximum atomic E-state index is 12.1. The molecule has 0 fully saturated rings. The highest BCUT2D eigenvalue weighted by Gasteiger charge is 2.20. The number of carbonyl (C=O) groups is 1. The van der Waals surface area contributed by atoms with Gasteiger partial charge >= 0.3 is 0 Å². The molecule has 1 amide bonds. The topological polar surface area (TPSA) is 66.5 Å². The van der Waals surface area contributed by atoms with Crippen molar-refractivity contribution >= 4 is 21.6 Å². The number of benzene rings is 2. The quantitative estimate of drug-likeness (QED) is 0.736. The summed E-state index contributed by atoms with van der Waals surface area (Å²) in [4.78, 5) is 12.1. The van der Waals surface area contributed by atoms with Gasteiger partial charge in [0.05, 0.1) is 11.9 Å². The third kappa shape index (κ3) is 6.23. The molecule has 2 aromatic rings. The molecule has 2 rings (SSSR count). The number of hydrogen-bond donors (Lipinski definition) is 1. The summed E-state index contributed by atoms with van der Waals surface area (Å²) in [6.07, 6.45) is 2.78. The monoisotopic (exact) mass is 360 g/mol. The molecule has 1 N–H and O–H groups in total. The van der Waals surface area contributed by atoms with E-state index in [-0.39, 0.29) is 12.5 Å². The lowest BCUT2D eigenvalue weighted by atomic mass is 10.1. The van der Waals surface area contributed by atoms with Gasteiger partial charge in [-0.2, -0.15) is 0 Å². The van der Waals surface area contributed by atoms with Gasteiger partial charge in [-0.25, -0.2) is 8.42 Å². The number of sulfonamides is 1. The highest BCUT2D eigenvalue weighted by molar-refractivity contribution is 7.92. The van der Waals surface area contributed by atoms with Crippen LogP contribution in [0.5, 0.6) is 0 Å². The molecule has 0 bridgehead atoms. The molecule has 0 aliphatic rings. The van der Waals surface area contributed by atoms with Crippen molar-refractivity contribution in [3.8, 4) is 0 Å². The zero-order chi connectivity index (χ0) is 18.3. The van der Waals surface area contributed by atoms with Crippen LogP contribution in [0.4, 0.5) is 5.69 Å². The SMILES string of the molecule is Cc1ccc(N(CC(=O)NCCCc2ccccc2)S(C)(=O)=O)cc1. The highest BCUT2D eigenvalue weighted by atomic mass is 32.2. The van der Waals surface area contributed by atoms with Crippen LogP contribution < -0.4 is 9.62 Å². The van der Waals surface area contributed by atoms with Gasteiger partial charge < -0.3 is 5.32 Å². The number of anilines is 1. The van der Waals surface area contributed by atoms with E-state index in [1.54, 1.807) is 12.1 Å². The van der Waals surface area contributed by atoms with Crippen LogP contribution in [0.3, 0.4) is 0 Å². The fourth-order valence-electron chi connectivity index (χ4n) is 2.46. The van der Waals surface area contributed by atoms with Gasteiger partial charge in [-0.1, -0.05) is 48.0 Å². The maximum absolute atomic E-state index is 12.1. The van der Waals surface area contributed by atoms with Gasteiger partial charge in [0, 0.05) is 6.54 Å². The van der Waals surface area contributed by atoms with Crippen molar-refractivity contribution in [2.24, 2.45) is 0 Å². The minimum Gasteiger partial charge on any atom is -0.355 e. The molecule has 134 valence electrons. The van der Waals surface area contributed by atoms with Gasteiger partial charge in [0.25, 0.3) is 0 Å². The third-order valence-corrected chi connectivity index (χ3v) is 4.96. The molecular formula is C19H24N2O3S. The van der Waals surface area contributed by atoms with Gasteiger partial charge in [0.1, 0.15) is 6.54 Å². The molecular weight excluding hydrogens is 336 g/mol. The van der Waals surface area contributed by atoms with Crippen molar-refractivity contribution in [3.05, 3.63) is 65.7 Å². The van der Waals surface area contributed by atoms with E-state index in [2.05, 4.69) is 5.32 Å². The van der Waals surface area contributed by atoms with Gasteiger partial charge in [0.2, 0.25) is 15.9 Å². The Kier molecular flexibility index (Phi) is 6.58. The number of aryl methyl sites for hydroxylation is 2. The van der Waals surface area contributed by atoms with Crippen LogP contribution in [0.15, 0.2) is 54.6 Å². The second-order valence-electron chi connectivity index (χ2n) is 6.04. The first-order valence-corrected chi connectivity index (χ1v) is 10.1. The molecule has 0 atom stereocenters. The number of nitrogens with zero attached hydrogens (tertiary/aromatic N) is 1. The van der Waals surface area contributed by atoms with Gasteiger partial charge in [0.15, 0.2) is 0 Å². The molecule has 0 saturated heterocycles. The first-order valence-electron chi connectivity index (χ1n) is 8.21. The molecule has 0 aliphatic carbocycles. The number of nitrogens with one attached hydrogen (secondary N) is 1. The van der Waals surface area contributed by atoms with E-state index in [0.717, 1.165) is 29.0 Å². The predicted octanol–water partition coefficient (Wildman–Crippen LogP) is 2.51. The zero-order valence-corrected chi connectivity index (χ0v) is 15.4. The second kappa shape index (κ2) is 8.67. The maximum Gasteiger partial charge on any atom is 0.240 e. The lowest BCUT2D eigenvalue weighted by molar-refractivity contribution is -0.119. The van der Waals surface area contributed by atoms with Crippen LogP contribution in [0.2, 0.25) is 0 Å². The Hall–Kier alpha value is -2.34. The van der Waals surface area contributed by atoms with E-state index in [9.17, 15) is 13.2 Å². The average molecular weight is 360 g/mol. The molecule has 6 heteroatoms. The first kappa shape index (κ1) is 19.0. The highest BCUT2D eigenvalue weighted by Crippen LogP contribution is 2.17. The van der Waals surface area contributed by atoms with Gasteiger partial charge in [-0.05, 0) is 37.5 Å². The van der Waals surface area contributed by atoms with E-state index >= 15 is 0 Å². The van der Waals surface area contributed by atoms with E-state index in [0.29, 0.717) is 12.2 Å². The van der Waals surface area contributed by atoms with Gasteiger partial charge in [-0.15, -0.1) is 0 Å². The van der Waals surface area contributed by atoms with Crippen molar-refractivity contribution in [3.63, 3.8) is 0 Å². The van der Waals surface area contributed by atoms with Crippen molar-refractivity contribution in [1.29, 1.82) is 0 Å². The van der Waals surface area contributed by atoms with E-state index in [1.807, 2.05) is 49.4 Å². The number of rotatable bonds is 8. The van der Waals surface area contributed by atoms with Crippen molar-refractivity contribution < 1.29 is 13.2 Å². The summed E-state index contributed by atoms with van der Waals surface area (Å²) in [5, 5.41) is 2.79. The van der Waals surface area contributed by atoms with Crippen LogP contribution in [0.25, 0.3) is 0 Å². The fraction of sp³-hybridized carbons (Fsp3) is 0.316. The van der Waals surface area contributed by atoms with Crippen molar-refractivity contribution in [2.75, 3.05) is 23.7 Å². The van der Waals surface area contributed by atoms with Crippen LogP contribution >= 0.6 is 0 Å². The summed E-state index contributed by atoms with van der Waals surface area (Å²) in [7, 11) is -3.53. The molecule has 5 nitrogen and oxygen atoms in total. The van der Waals surface area contributed by atoms with Crippen molar-refractivity contribution in [1.82, 2.24) is 5.32 Å².